The molecule has 0 aromatic heterocycles. The van der Waals surface area contributed by atoms with E-state index in [2.05, 4.69) is 36.9 Å². The monoisotopic (exact) mass is 504 g/mol. The number of phenolic OH excluding ortho intramolecular Hbond substituents is 2. The highest BCUT2D eigenvalue weighted by Gasteiger charge is 2.18. The summed E-state index contributed by atoms with van der Waals surface area (Å²) in [7, 11) is 0. The second-order valence-corrected chi connectivity index (χ2v) is 7.70. The van der Waals surface area contributed by atoms with Crippen LogP contribution in [0.3, 0.4) is 0 Å². The van der Waals surface area contributed by atoms with Gasteiger partial charge < -0.3 is 10.2 Å². The summed E-state index contributed by atoms with van der Waals surface area (Å²) < 4.78 is 1.06. The Labute approximate surface area is 177 Å². The van der Waals surface area contributed by atoms with Crippen molar-refractivity contribution in [3.8, 4) is 11.5 Å². The smallest absolute Gasteiger partial charge is 0.311 e. The summed E-state index contributed by atoms with van der Waals surface area (Å²) in [5.74, 6) is -0.391. The molecule has 0 unspecified atom stereocenters. The van der Waals surface area contributed by atoms with Gasteiger partial charge >= 0.3 is 5.69 Å². The van der Waals surface area contributed by atoms with E-state index in [0.29, 0.717) is 26.6 Å². The Balaban J connectivity index is 2.03. The van der Waals surface area contributed by atoms with E-state index in [0.717, 1.165) is 5.56 Å². The second kappa shape index (κ2) is 8.53. The van der Waals surface area contributed by atoms with Gasteiger partial charge in [0.25, 0.3) is 0 Å². The minimum absolute atomic E-state index is 0.0565. The quantitative estimate of drug-likeness (QED) is 0.257. The molecular formula is C20H14Br2N2O4. The minimum atomic E-state index is -0.618. The number of benzene rings is 3. The van der Waals surface area contributed by atoms with Gasteiger partial charge in [0, 0.05) is 26.8 Å². The Bertz CT molecular complexity index is 1050. The summed E-state index contributed by atoms with van der Waals surface area (Å²) in [6.45, 7) is 0. The van der Waals surface area contributed by atoms with Crippen molar-refractivity contribution in [2.45, 2.75) is 6.42 Å². The molecule has 0 saturated heterocycles. The van der Waals surface area contributed by atoms with Crippen LogP contribution in [-0.2, 0) is 6.42 Å². The van der Waals surface area contributed by atoms with Crippen LogP contribution in [0.4, 0.5) is 11.4 Å². The zero-order valence-electron chi connectivity index (χ0n) is 14.3. The van der Waals surface area contributed by atoms with Gasteiger partial charge in [-0.25, -0.2) is 0 Å². The van der Waals surface area contributed by atoms with Crippen LogP contribution in [0.25, 0.3) is 0 Å². The molecule has 0 fully saturated rings. The van der Waals surface area contributed by atoms with E-state index in [-0.39, 0.29) is 17.0 Å². The van der Waals surface area contributed by atoms with Gasteiger partial charge in [0.2, 0.25) is 5.75 Å². The highest BCUT2D eigenvalue weighted by Crippen LogP contribution is 2.38. The lowest BCUT2D eigenvalue weighted by atomic mass is 10.0. The van der Waals surface area contributed by atoms with Crippen LogP contribution in [0, 0.1) is 10.1 Å². The molecule has 142 valence electrons. The zero-order chi connectivity index (χ0) is 20.3. The van der Waals surface area contributed by atoms with Crippen molar-refractivity contribution in [1.29, 1.82) is 0 Å². The SMILES string of the molecule is O=[N+]([O-])c1cc(Cc2ccccc2)cc(C=Nc2c(Br)cc(O)cc2Br)c1O. The third-order valence-electron chi connectivity index (χ3n) is 3.96. The number of hydrogen-bond donors (Lipinski definition) is 2. The molecule has 0 saturated carbocycles. The Kier molecular flexibility index (Phi) is 6.11. The van der Waals surface area contributed by atoms with Gasteiger partial charge in [-0.15, -0.1) is 0 Å². The molecule has 3 rings (SSSR count). The maximum absolute atomic E-state index is 11.4. The van der Waals surface area contributed by atoms with E-state index in [4.69, 9.17) is 0 Å². The van der Waals surface area contributed by atoms with Crippen LogP contribution in [0.2, 0.25) is 0 Å². The number of nitro groups is 1. The van der Waals surface area contributed by atoms with Crippen molar-refractivity contribution in [3.05, 3.63) is 90.3 Å². The van der Waals surface area contributed by atoms with Crippen LogP contribution < -0.4 is 0 Å². The largest absolute Gasteiger partial charge is 0.508 e. The predicted molar refractivity (Wildman–Crippen MR) is 115 cm³/mol. The van der Waals surface area contributed by atoms with Crippen LogP contribution in [0.1, 0.15) is 16.7 Å². The number of nitro benzene ring substituents is 1. The van der Waals surface area contributed by atoms with E-state index in [1.54, 1.807) is 6.07 Å². The number of rotatable bonds is 5. The lowest BCUT2D eigenvalue weighted by Gasteiger charge is -2.07. The number of aromatic hydroxyl groups is 2. The first-order valence-electron chi connectivity index (χ1n) is 8.11. The van der Waals surface area contributed by atoms with Crippen molar-refractivity contribution >= 4 is 49.4 Å². The maximum Gasteiger partial charge on any atom is 0.311 e. The molecule has 2 N–H and O–H groups in total. The standard InChI is InChI=1S/C20H14Br2N2O4/c21-16-9-15(25)10-17(22)19(16)23-11-14-7-13(6-12-4-2-1-3-5-12)8-18(20(14)26)24(27)28/h1-5,7-11,25-26H,6H2. The van der Waals surface area contributed by atoms with Gasteiger partial charge in [-0.05, 0) is 67.6 Å². The Morgan fingerprint density at radius 3 is 2.25 bits per heavy atom. The van der Waals surface area contributed by atoms with Gasteiger partial charge in [-0.2, -0.15) is 0 Å². The molecule has 0 atom stereocenters. The third-order valence-corrected chi connectivity index (χ3v) is 5.17. The Hall–Kier alpha value is -2.71. The molecule has 0 radical (unpaired) electrons. The Morgan fingerprint density at radius 2 is 1.64 bits per heavy atom. The number of hydrogen-bond acceptors (Lipinski definition) is 5. The lowest BCUT2D eigenvalue weighted by Crippen LogP contribution is -1.97. The molecule has 3 aromatic rings. The van der Waals surface area contributed by atoms with Crippen molar-refractivity contribution in [2.24, 2.45) is 4.99 Å². The number of aliphatic imine (C=N–C) groups is 1. The molecule has 0 heterocycles. The summed E-state index contributed by atoms with van der Waals surface area (Å²) >= 11 is 6.62. The van der Waals surface area contributed by atoms with Gasteiger partial charge in [-0.1, -0.05) is 30.3 Å². The molecule has 6 nitrogen and oxygen atoms in total. The Morgan fingerprint density at radius 1 is 1.00 bits per heavy atom. The molecule has 0 spiro atoms. The van der Waals surface area contributed by atoms with Gasteiger partial charge in [0.05, 0.1) is 10.6 Å². The van der Waals surface area contributed by atoms with Crippen LogP contribution in [-0.4, -0.2) is 21.4 Å². The molecule has 0 amide bonds. The summed E-state index contributed by atoms with van der Waals surface area (Å²) in [5.41, 5.74) is 2.01. The first kappa shape index (κ1) is 20.0. The lowest BCUT2D eigenvalue weighted by molar-refractivity contribution is -0.385. The van der Waals surface area contributed by atoms with Crippen molar-refractivity contribution < 1.29 is 15.1 Å². The molecular weight excluding hydrogens is 492 g/mol. The van der Waals surface area contributed by atoms with Crippen molar-refractivity contribution in [3.63, 3.8) is 0 Å². The fourth-order valence-corrected chi connectivity index (χ4v) is 4.05. The summed E-state index contributed by atoms with van der Waals surface area (Å²) in [6, 6.07) is 15.5. The van der Waals surface area contributed by atoms with E-state index < -0.39 is 10.7 Å². The van der Waals surface area contributed by atoms with Crippen LogP contribution in [0.5, 0.6) is 11.5 Å². The second-order valence-electron chi connectivity index (χ2n) is 5.99. The fourth-order valence-electron chi connectivity index (χ4n) is 2.68. The van der Waals surface area contributed by atoms with Gasteiger partial charge in [0.1, 0.15) is 5.75 Å². The van der Waals surface area contributed by atoms with E-state index in [1.807, 2.05) is 30.3 Å². The average Bonchev–Trinajstić information content (AvgIpc) is 2.63. The molecule has 0 aliphatic heterocycles. The first-order chi connectivity index (χ1) is 13.3. The third kappa shape index (κ3) is 4.58. The summed E-state index contributed by atoms with van der Waals surface area (Å²) in [5, 5.41) is 31.3. The average molecular weight is 506 g/mol. The number of nitrogens with zero attached hydrogens (tertiary/aromatic N) is 2. The highest BCUT2D eigenvalue weighted by atomic mass is 79.9. The van der Waals surface area contributed by atoms with Gasteiger partial charge in [-0.3, -0.25) is 15.1 Å². The van der Waals surface area contributed by atoms with Crippen molar-refractivity contribution in [2.75, 3.05) is 0 Å². The fraction of sp³-hybridized carbons (Fsp3) is 0.0500. The summed E-state index contributed by atoms with van der Waals surface area (Å²) in [6.07, 6.45) is 1.84. The minimum Gasteiger partial charge on any atom is -0.508 e. The predicted octanol–water partition coefficient (Wildman–Crippen LogP) is 5.87. The maximum atomic E-state index is 11.4. The van der Waals surface area contributed by atoms with E-state index in [1.165, 1.54) is 24.4 Å². The van der Waals surface area contributed by atoms with Crippen LogP contribution in [0.15, 0.2) is 68.5 Å². The van der Waals surface area contributed by atoms with E-state index >= 15 is 0 Å². The van der Waals surface area contributed by atoms with Crippen LogP contribution >= 0.6 is 31.9 Å². The van der Waals surface area contributed by atoms with Crippen molar-refractivity contribution in [1.82, 2.24) is 0 Å². The topological polar surface area (TPSA) is 96.0 Å². The summed E-state index contributed by atoms with van der Waals surface area (Å²) in [4.78, 5) is 15.1. The first-order valence-corrected chi connectivity index (χ1v) is 9.70. The molecule has 3 aromatic carbocycles. The number of halogens is 2. The molecule has 0 aliphatic carbocycles. The molecule has 0 bridgehead atoms. The molecule has 28 heavy (non-hydrogen) atoms. The van der Waals surface area contributed by atoms with E-state index in [9.17, 15) is 20.3 Å². The highest BCUT2D eigenvalue weighted by molar-refractivity contribution is 9.11. The molecule has 8 heteroatoms. The number of phenols is 2. The molecule has 0 aliphatic rings. The zero-order valence-corrected chi connectivity index (χ0v) is 17.5. The normalized spacial score (nSPS) is 11.1. The van der Waals surface area contributed by atoms with Gasteiger partial charge in [0.15, 0.2) is 0 Å².